The molecule has 0 saturated carbocycles. The zero-order valence-corrected chi connectivity index (χ0v) is 13.1. The van der Waals surface area contributed by atoms with Crippen LogP contribution in [-0.4, -0.2) is 37.7 Å². The molecule has 0 spiro atoms. The summed E-state index contributed by atoms with van der Waals surface area (Å²) in [6.07, 6.45) is 1.76. The van der Waals surface area contributed by atoms with Crippen LogP contribution in [0.25, 0.3) is 0 Å². The minimum absolute atomic E-state index is 0.0190. The summed E-state index contributed by atoms with van der Waals surface area (Å²) >= 11 is 0. The Kier molecular flexibility index (Phi) is 5.73. The molecule has 1 aliphatic rings. The van der Waals surface area contributed by atoms with Crippen LogP contribution in [0.5, 0.6) is 0 Å². The fourth-order valence-corrected chi connectivity index (χ4v) is 2.77. The van der Waals surface area contributed by atoms with Gasteiger partial charge in [0, 0.05) is 32.5 Å². The minimum Gasteiger partial charge on any atom is -0.381 e. The van der Waals surface area contributed by atoms with Gasteiger partial charge in [-0.15, -0.1) is 0 Å². The number of carbonyl (C=O) groups is 1. The molecule has 1 fully saturated rings. The highest BCUT2D eigenvalue weighted by Crippen LogP contribution is 2.25. The van der Waals surface area contributed by atoms with Crippen molar-refractivity contribution < 1.29 is 9.53 Å². The molecule has 0 aromatic carbocycles. The van der Waals surface area contributed by atoms with Crippen LogP contribution in [0.4, 0.5) is 5.82 Å². The van der Waals surface area contributed by atoms with Gasteiger partial charge < -0.3 is 15.4 Å². The van der Waals surface area contributed by atoms with E-state index in [0.29, 0.717) is 31.1 Å². The average molecular weight is 302 g/mol. The second-order valence-electron chi connectivity index (χ2n) is 5.51. The molecule has 1 unspecified atom stereocenters. The molecule has 6 heteroatoms. The largest absolute Gasteiger partial charge is 0.381 e. The Morgan fingerprint density at radius 1 is 1.50 bits per heavy atom. The first kappa shape index (κ1) is 16.2. The molecule has 2 heterocycles. The monoisotopic (exact) mass is 302 g/mol. The number of pyridine rings is 1. The lowest BCUT2D eigenvalue weighted by Crippen LogP contribution is -2.39. The lowest BCUT2D eigenvalue weighted by atomic mass is 9.85. The Bertz CT molecular complexity index is 562. The van der Waals surface area contributed by atoms with Gasteiger partial charge in [-0.1, -0.05) is 0 Å². The molecule has 2 N–H and O–H groups in total. The number of carbonyl (C=O) groups excluding carboxylic acids is 1. The standard InChI is InChI=1S/C16H22N4O2/c1-11-3-4-13(9-17)15(20-11)19-10-14(16(21)18-2)12-5-7-22-8-6-12/h3-4,12,14H,5-8,10H2,1-2H3,(H,18,21)(H,19,20). The Morgan fingerprint density at radius 2 is 2.23 bits per heavy atom. The van der Waals surface area contributed by atoms with E-state index >= 15 is 0 Å². The van der Waals surface area contributed by atoms with Crippen molar-refractivity contribution in [1.82, 2.24) is 10.3 Å². The van der Waals surface area contributed by atoms with Crippen molar-refractivity contribution in [3.63, 3.8) is 0 Å². The maximum Gasteiger partial charge on any atom is 0.224 e. The van der Waals surface area contributed by atoms with Gasteiger partial charge in [0.15, 0.2) is 0 Å². The van der Waals surface area contributed by atoms with E-state index in [0.717, 1.165) is 18.5 Å². The SMILES string of the molecule is CNC(=O)C(CNc1nc(C)ccc1C#N)C1CCOCC1. The van der Waals surface area contributed by atoms with Gasteiger partial charge in [0.1, 0.15) is 11.9 Å². The Morgan fingerprint density at radius 3 is 2.86 bits per heavy atom. The Labute approximate surface area is 130 Å². The molecule has 0 aliphatic carbocycles. The highest BCUT2D eigenvalue weighted by Gasteiger charge is 2.29. The number of amides is 1. The summed E-state index contributed by atoms with van der Waals surface area (Å²) in [5, 5.41) is 15.1. The van der Waals surface area contributed by atoms with Gasteiger partial charge in [0.25, 0.3) is 0 Å². The number of hydrogen-bond acceptors (Lipinski definition) is 5. The topological polar surface area (TPSA) is 87.0 Å². The molecular weight excluding hydrogens is 280 g/mol. The predicted molar refractivity (Wildman–Crippen MR) is 83.3 cm³/mol. The summed E-state index contributed by atoms with van der Waals surface area (Å²) in [5.41, 5.74) is 1.33. The predicted octanol–water partition coefficient (Wildman–Crippen LogP) is 1.46. The molecule has 1 aromatic rings. The van der Waals surface area contributed by atoms with Crippen LogP contribution >= 0.6 is 0 Å². The van der Waals surface area contributed by atoms with E-state index in [1.165, 1.54) is 0 Å². The number of nitriles is 1. The molecular formula is C16H22N4O2. The number of nitrogens with zero attached hydrogens (tertiary/aromatic N) is 2. The van der Waals surface area contributed by atoms with Gasteiger partial charge >= 0.3 is 0 Å². The molecule has 0 radical (unpaired) electrons. The van der Waals surface area contributed by atoms with E-state index in [1.807, 2.05) is 6.92 Å². The van der Waals surface area contributed by atoms with Gasteiger partial charge in [-0.2, -0.15) is 5.26 Å². The van der Waals surface area contributed by atoms with Gasteiger partial charge in [-0.25, -0.2) is 4.98 Å². The van der Waals surface area contributed by atoms with Crippen LogP contribution < -0.4 is 10.6 Å². The van der Waals surface area contributed by atoms with Crippen LogP contribution in [0.1, 0.15) is 24.1 Å². The number of aryl methyl sites for hydroxylation is 1. The first-order chi connectivity index (χ1) is 10.7. The Hall–Kier alpha value is -2.13. The summed E-state index contributed by atoms with van der Waals surface area (Å²) in [7, 11) is 1.65. The van der Waals surface area contributed by atoms with Gasteiger partial charge in [-0.3, -0.25) is 4.79 Å². The first-order valence-corrected chi connectivity index (χ1v) is 7.56. The van der Waals surface area contributed by atoms with Crippen molar-refractivity contribution in [3.05, 3.63) is 23.4 Å². The number of nitrogens with one attached hydrogen (secondary N) is 2. The third-order valence-electron chi connectivity index (χ3n) is 4.06. The van der Waals surface area contributed by atoms with E-state index in [1.54, 1.807) is 19.2 Å². The van der Waals surface area contributed by atoms with Crippen molar-refractivity contribution in [2.45, 2.75) is 19.8 Å². The number of anilines is 1. The molecule has 118 valence electrons. The number of rotatable bonds is 5. The Balaban J connectivity index is 2.09. The van der Waals surface area contributed by atoms with Gasteiger partial charge in [-0.05, 0) is 37.8 Å². The van der Waals surface area contributed by atoms with E-state index in [-0.39, 0.29) is 17.7 Å². The number of hydrogen-bond donors (Lipinski definition) is 2. The molecule has 2 rings (SSSR count). The summed E-state index contributed by atoms with van der Waals surface area (Å²) in [4.78, 5) is 16.5. The van der Waals surface area contributed by atoms with E-state index in [2.05, 4.69) is 21.7 Å². The van der Waals surface area contributed by atoms with Crippen molar-refractivity contribution in [2.75, 3.05) is 32.1 Å². The van der Waals surface area contributed by atoms with Crippen LogP contribution in [0.2, 0.25) is 0 Å². The molecule has 1 amide bonds. The number of ether oxygens (including phenoxy) is 1. The third kappa shape index (κ3) is 3.95. The molecule has 1 atom stereocenters. The van der Waals surface area contributed by atoms with Crippen molar-refractivity contribution >= 4 is 11.7 Å². The second kappa shape index (κ2) is 7.76. The molecule has 6 nitrogen and oxygen atoms in total. The van der Waals surface area contributed by atoms with Crippen LogP contribution in [-0.2, 0) is 9.53 Å². The fraction of sp³-hybridized carbons (Fsp3) is 0.562. The highest BCUT2D eigenvalue weighted by molar-refractivity contribution is 5.79. The van der Waals surface area contributed by atoms with Crippen molar-refractivity contribution in [1.29, 1.82) is 5.26 Å². The molecule has 0 bridgehead atoms. The third-order valence-corrected chi connectivity index (χ3v) is 4.06. The van der Waals surface area contributed by atoms with Gasteiger partial charge in [0.05, 0.1) is 11.5 Å². The molecule has 1 aliphatic heterocycles. The smallest absolute Gasteiger partial charge is 0.224 e. The summed E-state index contributed by atoms with van der Waals surface area (Å²) in [6, 6.07) is 5.67. The first-order valence-electron chi connectivity index (χ1n) is 7.56. The maximum absolute atomic E-state index is 12.2. The lowest BCUT2D eigenvalue weighted by molar-refractivity contribution is -0.126. The average Bonchev–Trinajstić information content (AvgIpc) is 2.56. The van der Waals surface area contributed by atoms with Crippen LogP contribution in [0, 0.1) is 30.1 Å². The van der Waals surface area contributed by atoms with E-state index in [4.69, 9.17) is 10.00 Å². The zero-order valence-electron chi connectivity index (χ0n) is 13.1. The van der Waals surface area contributed by atoms with E-state index in [9.17, 15) is 4.79 Å². The van der Waals surface area contributed by atoms with Crippen molar-refractivity contribution in [2.24, 2.45) is 11.8 Å². The molecule has 22 heavy (non-hydrogen) atoms. The summed E-state index contributed by atoms with van der Waals surface area (Å²) < 4.78 is 5.37. The summed E-state index contributed by atoms with van der Waals surface area (Å²) in [6.45, 7) is 3.74. The lowest BCUT2D eigenvalue weighted by Gasteiger charge is -2.29. The second-order valence-corrected chi connectivity index (χ2v) is 5.51. The molecule has 1 aromatic heterocycles. The normalized spacial score (nSPS) is 16.6. The van der Waals surface area contributed by atoms with Crippen LogP contribution in [0.3, 0.4) is 0 Å². The quantitative estimate of drug-likeness (QED) is 0.860. The van der Waals surface area contributed by atoms with Gasteiger partial charge in [0.2, 0.25) is 5.91 Å². The maximum atomic E-state index is 12.2. The minimum atomic E-state index is -0.150. The zero-order chi connectivity index (χ0) is 15.9. The highest BCUT2D eigenvalue weighted by atomic mass is 16.5. The molecule has 1 saturated heterocycles. The van der Waals surface area contributed by atoms with E-state index < -0.39 is 0 Å². The number of aromatic nitrogens is 1. The fourth-order valence-electron chi connectivity index (χ4n) is 2.77. The van der Waals surface area contributed by atoms with Crippen LogP contribution in [0.15, 0.2) is 12.1 Å². The van der Waals surface area contributed by atoms with Crippen molar-refractivity contribution in [3.8, 4) is 6.07 Å². The summed E-state index contributed by atoms with van der Waals surface area (Å²) in [5.74, 6) is 0.702.